The molecule has 0 atom stereocenters. The first-order valence-electron chi connectivity index (χ1n) is 7.36. The Kier molecular flexibility index (Phi) is 3.53. The summed E-state index contributed by atoms with van der Waals surface area (Å²) in [5, 5.41) is 0. The molecule has 3 rings (SSSR count). The molecule has 0 unspecified atom stereocenters. The first-order valence-corrected chi connectivity index (χ1v) is 7.36. The van der Waals surface area contributed by atoms with E-state index < -0.39 is 0 Å². The van der Waals surface area contributed by atoms with Crippen molar-refractivity contribution in [1.82, 2.24) is 14.8 Å². The second kappa shape index (κ2) is 5.35. The summed E-state index contributed by atoms with van der Waals surface area (Å²) in [4.78, 5) is 32.3. The maximum absolute atomic E-state index is 12.5. The van der Waals surface area contributed by atoms with Crippen LogP contribution in [-0.2, 0) is 4.79 Å². The Balaban J connectivity index is 1.64. The molecule has 0 spiro atoms. The van der Waals surface area contributed by atoms with Crippen molar-refractivity contribution in [3.05, 3.63) is 23.5 Å². The highest BCUT2D eigenvalue weighted by Crippen LogP contribution is 2.31. The monoisotopic (exact) mass is 288 g/mol. The number of carbonyl (C=O) groups is 2. The minimum Gasteiger partial charge on any atom is -0.397 e. The molecule has 0 radical (unpaired) electrons. The van der Waals surface area contributed by atoms with Gasteiger partial charge in [-0.3, -0.25) is 14.6 Å². The van der Waals surface area contributed by atoms with Crippen molar-refractivity contribution >= 4 is 17.5 Å². The smallest absolute Gasteiger partial charge is 0.255 e. The van der Waals surface area contributed by atoms with E-state index in [-0.39, 0.29) is 17.7 Å². The van der Waals surface area contributed by atoms with E-state index in [1.54, 1.807) is 24.1 Å². The summed E-state index contributed by atoms with van der Waals surface area (Å²) < 4.78 is 0. The molecule has 1 aromatic heterocycles. The lowest BCUT2D eigenvalue weighted by atomic mass is 10.1. The SMILES string of the molecule is Cc1ncc(N)cc1C(=O)N1CCN(C(=O)C2CC2)CC1. The lowest BCUT2D eigenvalue weighted by Crippen LogP contribution is -2.51. The van der Waals surface area contributed by atoms with E-state index in [4.69, 9.17) is 5.73 Å². The second-order valence-electron chi connectivity index (χ2n) is 5.79. The lowest BCUT2D eigenvalue weighted by Gasteiger charge is -2.35. The molecular weight excluding hydrogens is 268 g/mol. The zero-order valence-corrected chi connectivity index (χ0v) is 12.2. The summed E-state index contributed by atoms with van der Waals surface area (Å²) in [6.07, 6.45) is 3.59. The van der Waals surface area contributed by atoms with Crippen LogP contribution in [0, 0.1) is 12.8 Å². The van der Waals surface area contributed by atoms with Crippen molar-refractivity contribution in [2.75, 3.05) is 31.9 Å². The molecule has 2 amide bonds. The van der Waals surface area contributed by atoms with Crippen LogP contribution >= 0.6 is 0 Å². The van der Waals surface area contributed by atoms with Gasteiger partial charge in [0.05, 0.1) is 23.1 Å². The molecule has 0 bridgehead atoms. The van der Waals surface area contributed by atoms with Crippen molar-refractivity contribution in [1.29, 1.82) is 0 Å². The summed E-state index contributed by atoms with van der Waals surface area (Å²) >= 11 is 0. The Bertz CT molecular complexity index is 575. The Morgan fingerprint density at radius 2 is 1.81 bits per heavy atom. The van der Waals surface area contributed by atoms with Crippen molar-refractivity contribution in [2.45, 2.75) is 19.8 Å². The lowest BCUT2D eigenvalue weighted by molar-refractivity contribution is -0.134. The Hall–Kier alpha value is -2.11. The third-order valence-corrected chi connectivity index (χ3v) is 4.14. The Morgan fingerprint density at radius 3 is 2.43 bits per heavy atom. The van der Waals surface area contributed by atoms with Gasteiger partial charge in [-0.2, -0.15) is 0 Å². The predicted octanol–water partition coefficient (Wildman–Crippen LogP) is 0.667. The van der Waals surface area contributed by atoms with Gasteiger partial charge in [0.25, 0.3) is 5.91 Å². The second-order valence-corrected chi connectivity index (χ2v) is 5.79. The molecule has 2 heterocycles. The Morgan fingerprint density at radius 1 is 1.19 bits per heavy atom. The highest BCUT2D eigenvalue weighted by Gasteiger charge is 2.35. The summed E-state index contributed by atoms with van der Waals surface area (Å²) in [6, 6.07) is 1.67. The fraction of sp³-hybridized carbons (Fsp3) is 0.533. The van der Waals surface area contributed by atoms with Gasteiger partial charge in [-0.05, 0) is 25.8 Å². The Labute approximate surface area is 123 Å². The van der Waals surface area contributed by atoms with Crippen LogP contribution in [0.15, 0.2) is 12.3 Å². The van der Waals surface area contributed by atoms with Crippen LogP contribution in [0.5, 0.6) is 0 Å². The predicted molar refractivity (Wildman–Crippen MR) is 78.6 cm³/mol. The maximum Gasteiger partial charge on any atom is 0.255 e. The highest BCUT2D eigenvalue weighted by atomic mass is 16.2. The molecule has 1 saturated heterocycles. The standard InChI is InChI=1S/C15H20N4O2/c1-10-13(8-12(16)9-17-10)15(21)19-6-4-18(5-7-19)14(20)11-2-3-11/h8-9,11H,2-7,16H2,1H3. The minimum atomic E-state index is -0.0502. The van der Waals surface area contributed by atoms with Gasteiger partial charge < -0.3 is 15.5 Å². The van der Waals surface area contributed by atoms with E-state index in [0.29, 0.717) is 43.1 Å². The van der Waals surface area contributed by atoms with Crippen LogP contribution in [0.25, 0.3) is 0 Å². The third kappa shape index (κ3) is 2.84. The number of carbonyl (C=O) groups excluding carboxylic acids is 2. The number of pyridine rings is 1. The van der Waals surface area contributed by atoms with E-state index in [0.717, 1.165) is 12.8 Å². The molecule has 1 aliphatic heterocycles. The highest BCUT2D eigenvalue weighted by molar-refractivity contribution is 5.96. The maximum atomic E-state index is 12.5. The van der Waals surface area contributed by atoms with Crippen LogP contribution in [0.4, 0.5) is 5.69 Å². The molecule has 1 aliphatic carbocycles. The van der Waals surface area contributed by atoms with Gasteiger partial charge in [0, 0.05) is 32.1 Å². The van der Waals surface area contributed by atoms with E-state index in [1.165, 1.54) is 0 Å². The normalized spacial score (nSPS) is 18.7. The van der Waals surface area contributed by atoms with E-state index >= 15 is 0 Å². The largest absolute Gasteiger partial charge is 0.397 e. The molecule has 0 aromatic carbocycles. The number of nitrogens with two attached hydrogens (primary N) is 1. The van der Waals surface area contributed by atoms with Crippen LogP contribution < -0.4 is 5.73 Å². The van der Waals surface area contributed by atoms with Gasteiger partial charge in [-0.15, -0.1) is 0 Å². The number of aryl methyl sites for hydroxylation is 1. The molecule has 1 saturated carbocycles. The van der Waals surface area contributed by atoms with Crippen LogP contribution in [-0.4, -0.2) is 52.8 Å². The van der Waals surface area contributed by atoms with Crippen LogP contribution in [0.2, 0.25) is 0 Å². The topological polar surface area (TPSA) is 79.5 Å². The number of hydrogen-bond acceptors (Lipinski definition) is 4. The molecular formula is C15H20N4O2. The van der Waals surface area contributed by atoms with Gasteiger partial charge in [0.15, 0.2) is 0 Å². The summed E-state index contributed by atoms with van der Waals surface area (Å²) in [5.41, 5.74) is 7.44. The molecule has 2 aliphatic rings. The summed E-state index contributed by atoms with van der Waals surface area (Å²) in [6.45, 7) is 4.20. The number of hydrogen-bond donors (Lipinski definition) is 1. The average molecular weight is 288 g/mol. The number of rotatable bonds is 2. The van der Waals surface area contributed by atoms with E-state index in [2.05, 4.69) is 4.98 Å². The number of amides is 2. The fourth-order valence-corrected chi connectivity index (χ4v) is 2.65. The molecule has 2 N–H and O–H groups in total. The third-order valence-electron chi connectivity index (χ3n) is 4.14. The van der Waals surface area contributed by atoms with Crippen LogP contribution in [0.1, 0.15) is 28.9 Å². The molecule has 21 heavy (non-hydrogen) atoms. The number of nitrogen functional groups attached to an aromatic ring is 1. The van der Waals surface area contributed by atoms with Crippen molar-refractivity contribution in [3.8, 4) is 0 Å². The number of anilines is 1. The first kappa shape index (κ1) is 13.9. The zero-order chi connectivity index (χ0) is 15.0. The first-order chi connectivity index (χ1) is 10.1. The molecule has 2 fully saturated rings. The van der Waals surface area contributed by atoms with Gasteiger partial charge in [0.2, 0.25) is 5.91 Å². The number of nitrogens with zero attached hydrogens (tertiary/aromatic N) is 3. The van der Waals surface area contributed by atoms with E-state index in [9.17, 15) is 9.59 Å². The van der Waals surface area contributed by atoms with Crippen LogP contribution in [0.3, 0.4) is 0 Å². The van der Waals surface area contributed by atoms with Gasteiger partial charge >= 0.3 is 0 Å². The van der Waals surface area contributed by atoms with Gasteiger partial charge in [0.1, 0.15) is 0 Å². The van der Waals surface area contributed by atoms with Crippen molar-refractivity contribution in [2.24, 2.45) is 5.92 Å². The fourth-order valence-electron chi connectivity index (χ4n) is 2.65. The summed E-state index contributed by atoms with van der Waals surface area (Å²) in [7, 11) is 0. The zero-order valence-electron chi connectivity index (χ0n) is 12.2. The quantitative estimate of drug-likeness (QED) is 0.867. The molecule has 6 nitrogen and oxygen atoms in total. The molecule has 112 valence electrons. The molecule has 6 heteroatoms. The minimum absolute atomic E-state index is 0.0502. The van der Waals surface area contributed by atoms with Crippen molar-refractivity contribution < 1.29 is 9.59 Å². The van der Waals surface area contributed by atoms with E-state index in [1.807, 2.05) is 4.90 Å². The van der Waals surface area contributed by atoms with Gasteiger partial charge in [-0.25, -0.2) is 0 Å². The number of aromatic nitrogens is 1. The van der Waals surface area contributed by atoms with Gasteiger partial charge in [-0.1, -0.05) is 0 Å². The summed E-state index contributed by atoms with van der Waals surface area (Å²) in [5.74, 6) is 0.447. The molecule has 1 aromatic rings. The number of piperazine rings is 1. The average Bonchev–Trinajstić information content (AvgIpc) is 3.33. The van der Waals surface area contributed by atoms with Crippen molar-refractivity contribution in [3.63, 3.8) is 0 Å².